The second-order valence-electron chi connectivity index (χ2n) is 6.19. The first-order valence-corrected chi connectivity index (χ1v) is 8.56. The van der Waals surface area contributed by atoms with Crippen molar-refractivity contribution < 1.29 is 9.84 Å². The third-order valence-electron chi connectivity index (χ3n) is 4.39. The van der Waals surface area contributed by atoms with Crippen LogP contribution < -0.4 is 16.0 Å². The molecule has 1 saturated heterocycles. The highest BCUT2D eigenvalue weighted by molar-refractivity contribution is 5.81. The van der Waals surface area contributed by atoms with Crippen LogP contribution in [-0.4, -0.2) is 46.1 Å². The van der Waals surface area contributed by atoms with E-state index in [0.29, 0.717) is 5.75 Å². The third-order valence-corrected chi connectivity index (χ3v) is 4.39. The summed E-state index contributed by atoms with van der Waals surface area (Å²) in [5, 5.41) is 16.6. The van der Waals surface area contributed by atoms with Crippen molar-refractivity contribution in [3.8, 4) is 11.6 Å². The van der Waals surface area contributed by atoms with E-state index in [4.69, 9.17) is 4.74 Å². The molecule has 0 radical (unpaired) electrons. The Hall–Kier alpha value is -3.03. The molecule has 0 spiro atoms. The van der Waals surface area contributed by atoms with E-state index in [1.165, 1.54) is 12.6 Å². The Balaban J connectivity index is 1.89. The first-order chi connectivity index (χ1) is 12.6. The molecule has 0 saturated carbocycles. The number of benzene rings is 1. The van der Waals surface area contributed by atoms with Gasteiger partial charge in [0.1, 0.15) is 11.3 Å². The van der Waals surface area contributed by atoms with Crippen LogP contribution in [-0.2, 0) is 6.54 Å². The zero-order valence-electron chi connectivity index (χ0n) is 14.6. The predicted octanol–water partition coefficient (Wildman–Crippen LogP) is 1.12. The summed E-state index contributed by atoms with van der Waals surface area (Å²) in [7, 11) is 1.57. The van der Waals surface area contributed by atoms with Gasteiger partial charge in [-0.15, -0.1) is 0 Å². The van der Waals surface area contributed by atoms with Crippen molar-refractivity contribution in [2.45, 2.75) is 25.8 Å². The van der Waals surface area contributed by atoms with Crippen LogP contribution in [0.25, 0.3) is 0 Å². The minimum Gasteiger partial charge on any atom is -0.497 e. The normalized spacial score (nSPS) is 14.7. The summed E-state index contributed by atoms with van der Waals surface area (Å²) in [5.41, 5.74) is -0.560. The lowest BCUT2D eigenvalue weighted by molar-refractivity contribution is 0.240. The molecule has 1 aliphatic rings. The zero-order chi connectivity index (χ0) is 18.5. The average molecular weight is 358 g/mol. The van der Waals surface area contributed by atoms with E-state index >= 15 is 0 Å². The van der Waals surface area contributed by atoms with Crippen molar-refractivity contribution >= 4 is 6.21 Å². The van der Waals surface area contributed by atoms with Gasteiger partial charge in [0.25, 0.3) is 5.56 Å². The van der Waals surface area contributed by atoms with Crippen LogP contribution in [0.3, 0.4) is 0 Å². The van der Waals surface area contributed by atoms with E-state index in [1.54, 1.807) is 31.4 Å². The lowest BCUT2D eigenvalue weighted by Gasteiger charge is -2.23. The lowest BCUT2D eigenvalue weighted by Crippen LogP contribution is -2.33. The van der Waals surface area contributed by atoms with Crippen LogP contribution in [0.5, 0.6) is 11.6 Å². The molecule has 2 N–H and O–H groups in total. The smallest absolute Gasteiger partial charge is 0.331 e. The van der Waals surface area contributed by atoms with Gasteiger partial charge >= 0.3 is 5.69 Å². The van der Waals surface area contributed by atoms with Gasteiger partial charge in [-0.25, -0.2) is 4.79 Å². The van der Waals surface area contributed by atoms with Gasteiger partial charge in [-0.05, 0) is 37.0 Å². The largest absolute Gasteiger partial charge is 0.497 e. The first-order valence-electron chi connectivity index (χ1n) is 8.56. The van der Waals surface area contributed by atoms with Crippen LogP contribution >= 0.6 is 0 Å². The number of aromatic nitrogens is 2. The Labute approximate surface area is 150 Å². The molecule has 26 heavy (non-hydrogen) atoms. The molecule has 0 unspecified atom stereocenters. The highest BCUT2D eigenvalue weighted by Crippen LogP contribution is 2.15. The Morgan fingerprint density at radius 3 is 2.54 bits per heavy atom. The molecular formula is C18H22N4O4. The van der Waals surface area contributed by atoms with Gasteiger partial charge in [0.2, 0.25) is 5.88 Å². The van der Waals surface area contributed by atoms with Gasteiger partial charge in [0.05, 0.1) is 19.9 Å². The number of piperidine rings is 1. The fourth-order valence-electron chi connectivity index (χ4n) is 2.88. The van der Waals surface area contributed by atoms with Crippen LogP contribution in [0, 0.1) is 0 Å². The van der Waals surface area contributed by atoms with E-state index in [2.05, 4.69) is 10.1 Å². The van der Waals surface area contributed by atoms with E-state index in [0.717, 1.165) is 36.1 Å². The number of hydrogen-bond donors (Lipinski definition) is 2. The number of nitrogens with one attached hydrogen (secondary N) is 1. The quantitative estimate of drug-likeness (QED) is 0.780. The maximum absolute atomic E-state index is 12.1. The molecule has 1 aromatic carbocycles. The molecule has 138 valence electrons. The first kappa shape index (κ1) is 17.8. The molecule has 8 nitrogen and oxygen atoms in total. The van der Waals surface area contributed by atoms with Crippen molar-refractivity contribution in [1.82, 2.24) is 14.6 Å². The van der Waals surface area contributed by atoms with Crippen molar-refractivity contribution in [2.24, 2.45) is 5.10 Å². The summed E-state index contributed by atoms with van der Waals surface area (Å²) in [6.07, 6.45) is 4.60. The van der Waals surface area contributed by atoms with E-state index < -0.39 is 17.1 Å². The topological polar surface area (TPSA) is 99.9 Å². The van der Waals surface area contributed by atoms with Crippen molar-refractivity contribution in [1.29, 1.82) is 0 Å². The summed E-state index contributed by atoms with van der Waals surface area (Å²) in [5.74, 6) is 0.302. The van der Waals surface area contributed by atoms with Gasteiger partial charge in [0.15, 0.2) is 0 Å². The summed E-state index contributed by atoms with van der Waals surface area (Å²) in [6.45, 7) is 1.76. The highest BCUT2D eigenvalue weighted by atomic mass is 16.5. The third kappa shape index (κ3) is 3.96. The van der Waals surface area contributed by atoms with Crippen LogP contribution in [0.1, 0.15) is 30.4 Å². The summed E-state index contributed by atoms with van der Waals surface area (Å²) in [6, 6.07) is 7.11. The molecule has 8 heteroatoms. The summed E-state index contributed by atoms with van der Waals surface area (Å²) in [4.78, 5) is 26.4. The fourth-order valence-corrected chi connectivity index (χ4v) is 2.88. The number of hydrazone groups is 1. The number of methoxy groups -OCH3 is 1. The molecule has 0 bridgehead atoms. The molecule has 2 aromatic rings. The molecular weight excluding hydrogens is 336 g/mol. The summed E-state index contributed by atoms with van der Waals surface area (Å²) < 4.78 is 6.22. The van der Waals surface area contributed by atoms with Crippen molar-refractivity contribution in [2.75, 3.05) is 20.2 Å². The van der Waals surface area contributed by atoms with Gasteiger partial charge in [-0.3, -0.25) is 19.4 Å². The summed E-state index contributed by atoms with van der Waals surface area (Å²) >= 11 is 0. The van der Waals surface area contributed by atoms with E-state index in [-0.39, 0.29) is 12.1 Å². The van der Waals surface area contributed by atoms with Gasteiger partial charge in [-0.2, -0.15) is 5.10 Å². The van der Waals surface area contributed by atoms with Gasteiger partial charge < -0.3 is 9.84 Å². The Morgan fingerprint density at radius 1 is 1.19 bits per heavy atom. The maximum Gasteiger partial charge on any atom is 0.331 e. The zero-order valence-corrected chi connectivity index (χ0v) is 14.6. The SMILES string of the molecule is COc1ccc(Cn2c(O)c(/C=N/N3CCCCC3)c(=O)[nH]c2=O)cc1. The van der Waals surface area contributed by atoms with Crippen molar-refractivity contribution in [3.05, 3.63) is 56.2 Å². The minimum atomic E-state index is -0.668. The highest BCUT2D eigenvalue weighted by Gasteiger charge is 2.14. The Morgan fingerprint density at radius 2 is 1.88 bits per heavy atom. The molecule has 1 fully saturated rings. The minimum absolute atomic E-state index is 0.0244. The van der Waals surface area contributed by atoms with Crippen LogP contribution in [0.4, 0.5) is 0 Å². The van der Waals surface area contributed by atoms with Gasteiger partial charge in [0, 0.05) is 13.1 Å². The number of ether oxygens (including phenoxy) is 1. The van der Waals surface area contributed by atoms with Crippen LogP contribution in [0.2, 0.25) is 0 Å². The second kappa shape index (κ2) is 7.90. The Bertz CT molecular complexity index is 893. The van der Waals surface area contributed by atoms with Crippen molar-refractivity contribution in [3.63, 3.8) is 0 Å². The number of aromatic amines is 1. The monoisotopic (exact) mass is 358 g/mol. The molecule has 3 rings (SSSR count). The number of rotatable bonds is 5. The molecule has 1 aliphatic heterocycles. The molecule has 0 aliphatic carbocycles. The van der Waals surface area contributed by atoms with Gasteiger partial charge in [-0.1, -0.05) is 12.1 Å². The van der Waals surface area contributed by atoms with E-state index in [9.17, 15) is 14.7 Å². The lowest BCUT2D eigenvalue weighted by atomic mass is 10.2. The second-order valence-corrected chi connectivity index (χ2v) is 6.19. The molecule has 2 heterocycles. The number of aromatic hydroxyl groups is 1. The fraction of sp³-hybridized carbons (Fsp3) is 0.389. The average Bonchev–Trinajstić information content (AvgIpc) is 2.66. The molecule has 0 amide bonds. The molecule has 1 aromatic heterocycles. The predicted molar refractivity (Wildman–Crippen MR) is 98.1 cm³/mol. The molecule has 0 atom stereocenters. The van der Waals surface area contributed by atoms with E-state index in [1.807, 2.05) is 5.01 Å². The standard InChI is InChI=1S/C18H22N4O4/c1-26-14-7-5-13(6-8-14)12-22-17(24)15(16(23)20-18(22)25)11-19-21-9-3-2-4-10-21/h5-8,11,24H,2-4,9-10,12H2,1H3,(H,20,23,25)/b19-11+. The Kier molecular flexibility index (Phi) is 5.40. The van der Waals surface area contributed by atoms with Crippen LogP contribution in [0.15, 0.2) is 39.0 Å². The number of nitrogens with zero attached hydrogens (tertiary/aromatic N) is 3. The number of hydrogen-bond acceptors (Lipinski definition) is 6. The maximum atomic E-state index is 12.1. The number of H-pyrrole nitrogens is 1.